The Morgan fingerprint density at radius 1 is 1.41 bits per heavy atom. The normalized spacial score (nSPS) is 11.6. The summed E-state index contributed by atoms with van der Waals surface area (Å²) in [5.74, 6) is -1.42. The number of aromatic hydroxyl groups is 1. The number of pyridine rings is 1. The lowest BCUT2D eigenvalue weighted by molar-refractivity contribution is -0.140. The Morgan fingerprint density at radius 3 is 2.41 bits per heavy atom. The van der Waals surface area contributed by atoms with Crippen molar-refractivity contribution in [3.8, 4) is 11.8 Å². The van der Waals surface area contributed by atoms with Crippen molar-refractivity contribution in [1.82, 2.24) is 4.98 Å². The van der Waals surface area contributed by atoms with Gasteiger partial charge >= 0.3 is 6.18 Å². The lowest BCUT2D eigenvalue weighted by atomic mass is 10.1. The highest BCUT2D eigenvalue weighted by Gasteiger charge is 2.40. The number of nitriles is 1. The van der Waals surface area contributed by atoms with Gasteiger partial charge in [0.25, 0.3) is 6.43 Å². The van der Waals surface area contributed by atoms with Gasteiger partial charge in [-0.2, -0.15) is 18.4 Å². The van der Waals surface area contributed by atoms with Gasteiger partial charge in [-0.15, -0.1) is 0 Å². The van der Waals surface area contributed by atoms with Gasteiger partial charge in [-0.05, 0) is 0 Å². The van der Waals surface area contributed by atoms with Crippen LogP contribution in [0, 0.1) is 11.3 Å². The van der Waals surface area contributed by atoms with Gasteiger partial charge in [-0.25, -0.2) is 8.78 Å². The second kappa shape index (κ2) is 4.53. The van der Waals surface area contributed by atoms with Crippen LogP contribution in [0.2, 0.25) is 0 Å². The van der Waals surface area contributed by atoms with Gasteiger partial charge in [0.05, 0.1) is 23.7 Å². The molecule has 0 unspecified atom stereocenters. The quantitative estimate of drug-likeness (QED) is 0.823. The monoisotopic (exact) mass is 252 g/mol. The van der Waals surface area contributed by atoms with Gasteiger partial charge in [0, 0.05) is 6.20 Å². The Bertz CT molecular complexity index is 464. The van der Waals surface area contributed by atoms with Crippen molar-refractivity contribution in [1.29, 1.82) is 5.26 Å². The van der Waals surface area contributed by atoms with Gasteiger partial charge in [-0.3, -0.25) is 4.98 Å². The Morgan fingerprint density at radius 2 is 2.00 bits per heavy atom. The molecule has 0 aliphatic heterocycles. The van der Waals surface area contributed by atoms with Crippen LogP contribution in [0.3, 0.4) is 0 Å². The van der Waals surface area contributed by atoms with Crippen LogP contribution in [0.1, 0.15) is 23.2 Å². The third kappa shape index (κ3) is 2.61. The van der Waals surface area contributed by atoms with Crippen molar-refractivity contribution < 1.29 is 27.1 Å². The molecule has 17 heavy (non-hydrogen) atoms. The standard InChI is InChI=1S/C9H5F5N2O/c10-8(11)4-3-16-5(1-2-15)7(17)6(4)9(12,13)14/h3,8,17H,1H2. The highest BCUT2D eigenvalue weighted by Crippen LogP contribution is 2.42. The molecule has 92 valence electrons. The van der Waals surface area contributed by atoms with E-state index in [0.717, 1.165) is 0 Å². The van der Waals surface area contributed by atoms with Crippen molar-refractivity contribution in [3.05, 3.63) is 23.0 Å². The fraction of sp³-hybridized carbons (Fsp3) is 0.333. The average Bonchev–Trinajstić information content (AvgIpc) is 2.18. The Hall–Kier alpha value is -1.91. The van der Waals surface area contributed by atoms with Crippen LogP contribution >= 0.6 is 0 Å². The van der Waals surface area contributed by atoms with Crippen LogP contribution in [-0.2, 0) is 12.6 Å². The molecule has 0 radical (unpaired) electrons. The summed E-state index contributed by atoms with van der Waals surface area (Å²) >= 11 is 0. The largest absolute Gasteiger partial charge is 0.505 e. The third-order valence-corrected chi connectivity index (χ3v) is 1.92. The van der Waals surface area contributed by atoms with Crippen molar-refractivity contribution in [2.24, 2.45) is 0 Å². The first-order valence-corrected chi connectivity index (χ1v) is 4.22. The van der Waals surface area contributed by atoms with E-state index in [1.54, 1.807) is 0 Å². The fourth-order valence-corrected chi connectivity index (χ4v) is 1.22. The van der Waals surface area contributed by atoms with Gasteiger partial charge in [-0.1, -0.05) is 0 Å². The van der Waals surface area contributed by atoms with Gasteiger partial charge in [0.2, 0.25) is 0 Å². The molecule has 0 aliphatic carbocycles. The second-order valence-corrected chi connectivity index (χ2v) is 3.02. The summed E-state index contributed by atoms with van der Waals surface area (Å²) in [5, 5.41) is 17.5. The number of rotatable bonds is 2. The molecular formula is C9H5F5N2O. The van der Waals surface area contributed by atoms with Crippen molar-refractivity contribution in [2.45, 2.75) is 19.0 Å². The number of hydrogen-bond donors (Lipinski definition) is 1. The van der Waals surface area contributed by atoms with Crippen LogP contribution in [0.5, 0.6) is 5.75 Å². The molecular weight excluding hydrogens is 247 g/mol. The zero-order valence-electron chi connectivity index (χ0n) is 8.09. The van der Waals surface area contributed by atoms with Crippen LogP contribution in [0.15, 0.2) is 6.20 Å². The minimum Gasteiger partial charge on any atom is -0.505 e. The van der Waals surface area contributed by atoms with Gasteiger partial charge in [0.1, 0.15) is 5.56 Å². The fourth-order valence-electron chi connectivity index (χ4n) is 1.22. The molecule has 0 spiro atoms. The Labute approximate surface area is 92.1 Å². The molecule has 0 aromatic carbocycles. The minimum absolute atomic E-state index is 0.319. The molecule has 1 aromatic heterocycles. The number of alkyl halides is 5. The predicted molar refractivity (Wildman–Crippen MR) is 45.2 cm³/mol. The van der Waals surface area contributed by atoms with E-state index in [1.807, 2.05) is 0 Å². The molecule has 0 saturated carbocycles. The Kier molecular flexibility index (Phi) is 3.50. The molecule has 0 bridgehead atoms. The third-order valence-electron chi connectivity index (χ3n) is 1.92. The van der Waals surface area contributed by atoms with E-state index < -0.39 is 41.6 Å². The number of hydrogen-bond acceptors (Lipinski definition) is 3. The zero-order valence-corrected chi connectivity index (χ0v) is 8.09. The van der Waals surface area contributed by atoms with Gasteiger partial charge in [0.15, 0.2) is 5.75 Å². The first kappa shape index (κ1) is 13.2. The molecule has 0 saturated heterocycles. The molecule has 0 amide bonds. The van der Waals surface area contributed by atoms with Crippen molar-refractivity contribution >= 4 is 0 Å². The van der Waals surface area contributed by atoms with E-state index in [-0.39, 0.29) is 0 Å². The zero-order chi connectivity index (χ0) is 13.2. The van der Waals surface area contributed by atoms with E-state index in [9.17, 15) is 27.1 Å². The van der Waals surface area contributed by atoms with Crippen molar-refractivity contribution in [3.63, 3.8) is 0 Å². The van der Waals surface area contributed by atoms with E-state index in [2.05, 4.69) is 4.98 Å². The first-order chi connectivity index (χ1) is 7.79. The average molecular weight is 252 g/mol. The highest BCUT2D eigenvalue weighted by molar-refractivity contribution is 5.44. The molecule has 1 rings (SSSR count). The molecule has 1 N–H and O–H groups in total. The molecule has 3 nitrogen and oxygen atoms in total. The summed E-state index contributed by atoms with van der Waals surface area (Å²) in [7, 11) is 0. The van der Waals surface area contributed by atoms with E-state index in [0.29, 0.717) is 6.20 Å². The maximum absolute atomic E-state index is 12.5. The summed E-state index contributed by atoms with van der Waals surface area (Å²) < 4.78 is 62.1. The van der Waals surface area contributed by atoms with E-state index >= 15 is 0 Å². The summed E-state index contributed by atoms with van der Waals surface area (Å²) in [6.07, 6.45) is -8.83. The van der Waals surface area contributed by atoms with Crippen LogP contribution in [0.25, 0.3) is 0 Å². The molecule has 1 heterocycles. The lowest BCUT2D eigenvalue weighted by Crippen LogP contribution is -2.12. The summed E-state index contributed by atoms with van der Waals surface area (Å²) in [4.78, 5) is 3.21. The summed E-state index contributed by atoms with van der Waals surface area (Å²) in [6, 6.07) is 1.47. The molecule has 0 atom stereocenters. The highest BCUT2D eigenvalue weighted by atomic mass is 19.4. The van der Waals surface area contributed by atoms with Crippen LogP contribution in [0.4, 0.5) is 22.0 Å². The maximum atomic E-state index is 12.5. The van der Waals surface area contributed by atoms with E-state index in [4.69, 9.17) is 5.26 Å². The van der Waals surface area contributed by atoms with Crippen LogP contribution in [-0.4, -0.2) is 10.1 Å². The van der Waals surface area contributed by atoms with Crippen molar-refractivity contribution in [2.75, 3.05) is 0 Å². The van der Waals surface area contributed by atoms with Crippen LogP contribution < -0.4 is 0 Å². The molecule has 0 aliphatic rings. The SMILES string of the molecule is N#CCc1ncc(C(F)F)c(C(F)(F)F)c1O. The summed E-state index contributed by atoms with van der Waals surface area (Å²) in [5.41, 5.74) is -3.83. The Balaban J connectivity index is 3.49. The topological polar surface area (TPSA) is 56.9 Å². The molecule has 0 fully saturated rings. The smallest absolute Gasteiger partial charge is 0.420 e. The predicted octanol–water partition coefficient (Wildman–Crippen LogP) is 2.81. The number of aromatic nitrogens is 1. The lowest BCUT2D eigenvalue weighted by Gasteiger charge is -2.15. The second-order valence-electron chi connectivity index (χ2n) is 3.02. The number of nitrogens with zero attached hydrogens (tertiary/aromatic N) is 2. The first-order valence-electron chi connectivity index (χ1n) is 4.22. The minimum atomic E-state index is -5.14. The summed E-state index contributed by atoms with van der Waals surface area (Å²) in [6.45, 7) is 0. The van der Waals surface area contributed by atoms with Gasteiger partial charge < -0.3 is 5.11 Å². The maximum Gasteiger partial charge on any atom is 0.420 e. The molecule has 1 aromatic rings. The number of halogens is 5. The molecule has 8 heteroatoms. The van der Waals surface area contributed by atoms with E-state index in [1.165, 1.54) is 6.07 Å².